The molecule has 5 aromatic rings. The van der Waals surface area contributed by atoms with E-state index in [2.05, 4.69) is 37.9 Å². The van der Waals surface area contributed by atoms with Gasteiger partial charge < -0.3 is 4.42 Å². The molecule has 6 nitrogen and oxygen atoms in total. The zero-order chi connectivity index (χ0) is 22.9. The molecule has 1 aliphatic rings. The lowest BCUT2D eigenvalue weighted by Gasteiger charge is -2.11. The predicted octanol–water partition coefficient (Wildman–Crippen LogP) is 5.28. The predicted molar refractivity (Wildman–Crippen MR) is 133 cm³/mol. The fourth-order valence-electron chi connectivity index (χ4n) is 4.57. The van der Waals surface area contributed by atoms with Crippen LogP contribution < -0.4 is 5.63 Å². The van der Waals surface area contributed by atoms with Crippen LogP contribution in [-0.2, 0) is 25.1 Å². The average molecular weight is 467 g/mol. The van der Waals surface area contributed by atoms with Gasteiger partial charge in [-0.15, -0.1) is 10.2 Å². The Morgan fingerprint density at radius 1 is 0.971 bits per heavy atom. The van der Waals surface area contributed by atoms with E-state index in [1.165, 1.54) is 11.1 Å². The van der Waals surface area contributed by atoms with Crippen LogP contribution in [0.25, 0.3) is 22.4 Å². The van der Waals surface area contributed by atoms with Gasteiger partial charge in [0, 0.05) is 35.2 Å². The molecule has 0 amide bonds. The molecule has 3 aromatic heterocycles. The third-order valence-corrected chi connectivity index (χ3v) is 7.24. The van der Waals surface area contributed by atoms with Crippen LogP contribution in [0, 0.1) is 0 Å². The highest BCUT2D eigenvalue weighted by atomic mass is 32.2. The van der Waals surface area contributed by atoms with E-state index in [0.717, 1.165) is 52.3 Å². The van der Waals surface area contributed by atoms with E-state index in [1.807, 2.05) is 36.4 Å². The Kier molecular flexibility index (Phi) is 5.47. The summed E-state index contributed by atoms with van der Waals surface area (Å²) in [5.41, 5.74) is 6.05. The molecule has 0 radical (unpaired) electrons. The monoisotopic (exact) mass is 466 g/mol. The van der Waals surface area contributed by atoms with Gasteiger partial charge >= 0.3 is 5.63 Å². The summed E-state index contributed by atoms with van der Waals surface area (Å²) in [5.74, 6) is 1.37. The van der Waals surface area contributed by atoms with Gasteiger partial charge in [0.05, 0.1) is 6.54 Å². The van der Waals surface area contributed by atoms with Crippen molar-refractivity contribution in [1.82, 2.24) is 19.7 Å². The van der Waals surface area contributed by atoms with E-state index in [-0.39, 0.29) is 5.63 Å². The summed E-state index contributed by atoms with van der Waals surface area (Å²) >= 11 is 1.58. The van der Waals surface area contributed by atoms with E-state index in [1.54, 1.807) is 30.2 Å². The van der Waals surface area contributed by atoms with Crippen molar-refractivity contribution in [3.63, 3.8) is 0 Å². The number of thioether (sulfide) groups is 1. The van der Waals surface area contributed by atoms with Gasteiger partial charge in [-0.1, -0.05) is 42.1 Å². The minimum Gasteiger partial charge on any atom is -0.423 e. The molecule has 7 heteroatoms. The van der Waals surface area contributed by atoms with Gasteiger partial charge in [-0.05, 0) is 65.8 Å². The molecule has 0 atom stereocenters. The van der Waals surface area contributed by atoms with Gasteiger partial charge in [-0.3, -0.25) is 9.55 Å². The number of hydrogen-bond donors (Lipinski definition) is 0. The van der Waals surface area contributed by atoms with Gasteiger partial charge in [-0.2, -0.15) is 0 Å². The molecule has 3 heterocycles. The lowest BCUT2D eigenvalue weighted by Crippen LogP contribution is -2.05. The Hall–Kier alpha value is -3.71. The molecule has 6 rings (SSSR count). The van der Waals surface area contributed by atoms with E-state index in [4.69, 9.17) is 4.42 Å². The second-order valence-corrected chi connectivity index (χ2v) is 9.41. The smallest absolute Gasteiger partial charge is 0.336 e. The third kappa shape index (κ3) is 4.03. The van der Waals surface area contributed by atoms with Crippen LogP contribution in [-0.4, -0.2) is 19.7 Å². The number of pyridine rings is 1. The first-order valence-electron chi connectivity index (χ1n) is 11.3. The molecule has 34 heavy (non-hydrogen) atoms. The Balaban J connectivity index is 1.37. The summed E-state index contributed by atoms with van der Waals surface area (Å²) in [6.45, 7) is 0.644. The molecule has 0 spiro atoms. The number of fused-ring (bicyclic) bond motifs is 2. The first-order valence-corrected chi connectivity index (χ1v) is 12.3. The maximum Gasteiger partial charge on any atom is 0.336 e. The van der Waals surface area contributed by atoms with Crippen molar-refractivity contribution in [2.45, 2.75) is 36.7 Å². The van der Waals surface area contributed by atoms with Crippen LogP contribution in [0.5, 0.6) is 0 Å². The molecule has 0 fully saturated rings. The SMILES string of the molecule is O=c1cc(CSc2nnc(-c3cccnc3)n2Cc2ccccc2)c2cc3c(cc2o1)CCC3. The molecule has 1 aliphatic carbocycles. The van der Waals surface area contributed by atoms with Crippen molar-refractivity contribution in [2.75, 3.05) is 0 Å². The number of aromatic nitrogens is 4. The standard InChI is InChI=1S/C27H22N4O2S/c32-25-14-22(23-12-19-8-4-9-20(19)13-24(23)33-25)17-34-27-30-29-26(21-10-5-11-28-15-21)31(27)16-18-6-2-1-3-7-18/h1-3,5-7,10-15H,4,8-9,16-17H2. The van der Waals surface area contributed by atoms with Crippen molar-refractivity contribution < 1.29 is 4.42 Å². The lowest BCUT2D eigenvalue weighted by molar-refractivity contribution is 0.559. The molecular formula is C27H22N4O2S. The van der Waals surface area contributed by atoms with Crippen LogP contribution in [0.4, 0.5) is 0 Å². The van der Waals surface area contributed by atoms with Gasteiger partial charge in [-0.25, -0.2) is 4.79 Å². The first kappa shape index (κ1) is 20.9. The summed E-state index contributed by atoms with van der Waals surface area (Å²) in [6, 6.07) is 20.0. The first-order chi connectivity index (χ1) is 16.7. The number of rotatable bonds is 6. The zero-order valence-corrected chi connectivity index (χ0v) is 19.3. The van der Waals surface area contributed by atoms with Crippen LogP contribution in [0.1, 0.15) is 28.7 Å². The maximum absolute atomic E-state index is 12.3. The number of hydrogen-bond acceptors (Lipinski definition) is 6. The molecule has 0 bridgehead atoms. The molecule has 168 valence electrons. The van der Waals surface area contributed by atoms with Gasteiger partial charge in [0.1, 0.15) is 5.58 Å². The Bertz CT molecular complexity index is 1530. The summed E-state index contributed by atoms with van der Waals surface area (Å²) < 4.78 is 7.65. The second-order valence-electron chi connectivity index (χ2n) is 8.47. The largest absolute Gasteiger partial charge is 0.423 e. The number of benzene rings is 2. The van der Waals surface area contributed by atoms with E-state index >= 15 is 0 Å². The highest BCUT2D eigenvalue weighted by Crippen LogP contribution is 2.32. The minimum atomic E-state index is -0.317. The highest BCUT2D eigenvalue weighted by molar-refractivity contribution is 7.98. The van der Waals surface area contributed by atoms with E-state index in [0.29, 0.717) is 17.9 Å². The second kappa shape index (κ2) is 8.91. The Morgan fingerprint density at radius 3 is 2.65 bits per heavy atom. The van der Waals surface area contributed by atoms with Crippen molar-refractivity contribution >= 4 is 22.7 Å². The fourth-order valence-corrected chi connectivity index (χ4v) is 5.50. The highest BCUT2D eigenvalue weighted by Gasteiger charge is 2.18. The molecule has 2 aromatic carbocycles. The van der Waals surface area contributed by atoms with E-state index < -0.39 is 0 Å². The molecule has 0 saturated heterocycles. The lowest BCUT2D eigenvalue weighted by atomic mass is 10.0. The quantitative estimate of drug-likeness (QED) is 0.251. The van der Waals surface area contributed by atoms with Crippen molar-refractivity contribution in [2.24, 2.45) is 0 Å². The number of nitrogens with zero attached hydrogens (tertiary/aromatic N) is 4. The van der Waals surface area contributed by atoms with Gasteiger partial charge in [0.2, 0.25) is 0 Å². The Morgan fingerprint density at radius 2 is 1.82 bits per heavy atom. The van der Waals surface area contributed by atoms with Gasteiger partial charge in [0.25, 0.3) is 0 Å². The van der Waals surface area contributed by atoms with Crippen LogP contribution >= 0.6 is 11.8 Å². The molecule has 0 saturated carbocycles. The maximum atomic E-state index is 12.3. The van der Waals surface area contributed by atoms with Crippen LogP contribution in [0.2, 0.25) is 0 Å². The van der Waals surface area contributed by atoms with Crippen LogP contribution in [0.15, 0.2) is 87.4 Å². The molecule has 0 aliphatic heterocycles. The third-order valence-electron chi connectivity index (χ3n) is 6.22. The number of aryl methyl sites for hydroxylation is 2. The van der Waals surface area contributed by atoms with Gasteiger partial charge in [0.15, 0.2) is 11.0 Å². The average Bonchev–Trinajstić information content (AvgIpc) is 3.49. The summed E-state index contributed by atoms with van der Waals surface area (Å²) in [7, 11) is 0. The summed E-state index contributed by atoms with van der Waals surface area (Å²) in [6.07, 6.45) is 6.83. The molecular weight excluding hydrogens is 444 g/mol. The zero-order valence-electron chi connectivity index (χ0n) is 18.5. The van der Waals surface area contributed by atoms with Crippen LogP contribution in [0.3, 0.4) is 0 Å². The van der Waals surface area contributed by atoms with Crippen molar-refractivity contribution in [1.29, 1.82) is 0 Å². The van der Waals surface area contributed by atoms with Crippen molar-refractivity contribution in [3.8, 4) is 11.4 Å². The molecule has 0 unspecified atom stereocenters. The molecule has 0 N–H and O–H groups in total. The normalized spacial score (nSPS) is 12.8. The van der Waals surface area contributed by atoms with E-state index in [9.17, 15) is 4.79 Å². The minimum absolute atomic E-state index is 0.317. The topological polar surface area (TPSA) is 73.8 Å². The summed E-state index contributed by atoms with van der Waals surface area (Å²) in [4.78, 5) is 16.5. The fraction of sp³-hybridized carbons (Fsp3) is 0.185. The summed E-state index contributed by atoms with van der Waals surface area (Å²) in [5, 5.41) is 10.8. The van der Waals surface area contributed by atoms with Crippen molar-refractivity contribution in [3.05, 3.63) is 106 Å². The Labute approximate surface area is 200 Å².